The zero-order chi connectivity index (χ0) is 21.1. The van der Waals surface area contributed by atoms with E-state index in [1.807, 2.05) is 19.1 Å². The first-order valence-electron chi connectivity index (χ1n) is 9.84. The summed E-state index contributed by atoms with van der Waals surface area (Å²) in [5, 5.41) is 0. The zero-order valence-electron chi connectivity index (χ0n) is 16.7. The fourth-order valence-corrected chi connectivity index (χ4v) is 6.51. The molecule has 8 heteroatoms. The molecule has 1 amide bonds. The second kappa shape index (κ2) is 8.75. The summed E-state index contributed by atoms with van der Waals surface area (Å²) in [4.78, 5) is 16.8. The van der Waals surface area contributed by atoms with Crippen LogP contribution < -0.4 is 0 Å². The third-order valence-corrected chi connectivity index (χ3v) is 7.88. The van der Waals surface area contributed by atoms with Crippen molar-refractivity contribution in [1.29, 1.82) is 0 Å². The summed E-state index contributed by atoms with van der Waals surface area (Å²) >= 11 is 1.35. The molecule has 2 aromatic heterocycles. The van der Waals surface area contributed by atoms with E-state index in [1.54, 1.807) is 41.5 Å². The van der Waals surface area contributed by atoms with Crippen molar-refractivity contribution in [2.75, 3.05) is 19.8 Å². The third-order valence-electron chi connectivity index (χ3n) is 4.97. The molecule has 0 fully saturated rings. The Morgan fingerprint density at radius 2 is 2.07 bits per heavy atom. The fourth-order valence-electron chi connectivity index (χ4n) is 3.58. The number of ether oxygens (including phenoxy) is 1. The monoisotopic (exact) mass is 445 g/mol. The number of thiophene rings is 1. The van der Waals surface area contributed by atoms with Gasteiger partial charge in [0.25, 0.3) is 5.91 Å². The summed E-state index contributed by atoms with van der Waals surface area (Å²) in [6, 6.07) is 12.3. The third kappa shape index (κ3) is 4.21. The van der Waals surface area contributed by atoms with Gasteiger partial charge in [0.2, 0.25) is 0 Å². The Bertz CT molecular complexity index is 1130. The predicted octanol–water partition coefficient (Wildman–Crippen LogP) is 4.36. The van der Waals surface area contributed by atoms with Crippen LogP contribution in [-0.4, -0.2) is 39.0 Å². The number of benzene rings is 1. The largest absolute Gasteiger partial charge is 0.467 e. The first-order chi connectivity index (χ1) is 14.5. The number of nitrogens with zero attached hydrogens (tertiary/aromatic N) is 1. The van der Waals surface area contributed by atoms with Gasteiger partial charge in [0.1, 0.15) is 5.76 Å². The van der Waals surface area contributed by atoms with Crippen LogP contribution in [0.4, 0.5) is 0 Å². The Labute approximate surface area is 180 Å². The van der Waals surface area contributed by atoms with Gasteiger partial charge in [-0.2, -0.15) is 0 Å². The molecule has 30 heavy (non-hydrogen) atoms. The van der Waals surface area contributed by atoms with Crippen LogP contribution in [0.15, 0.2) is 58.0 Å². The van der Waals surface area contributed by atoms with Crippen LogP contribution in [-0.2, 0) is 26.9 Å². The lowest BCUT2D eigenvalue weighted by Gasteiger charge is -2.21. The molecule has 6 nitrogen and oxygen atoms in total. The molecule has 0 unspecified atom stereocenters. The quantitative estimate of drug-likeness (QED) is 0.482. The van der Waals surface area contributed by atoms with E-state index in [0.717, 1.165) is 4.88 Å². The number of rotatable bonds is 8. The van der Waals surface area contributed by atoms with Crippen LogP contribution in [0.2, 0.25) is 0 Å². The highest BCUT2D eigenvalue weighted by Gasteiger charge is 2.31. The molecule has 1 aliphatic rings. The number of carbonyl (C=O) groups excluding carboxylic acids is 1. The summed E-state index contributed by atoms with van der Waals surface area (Å²) in [5.41, 5.74) is 1.37. The maximum atomic E-state index is 13.3. The topological polar surface area (TPSA) is 76.8 Å². The molecule has 3 heterocycles. The van der Waals surface area contributed by atoms with Crippen molar-refractivity contribution < 1.29 is 22.4 Å². The molecular weight excluding hydrogens is 422 g/mol. The Morgan fingerprint density at radius 1 is 1.23 bits per heavy atom. The number of hydrogen-bond acceptors (Lipinski definition) is 6. The maximum Gasteiger partial charge on any atom is 0.264 e. The van der Waals surface area contributed by atoms with Crippen molar-refractivity contribution in [1.82, 2.24) is 4.90 Å². The van der Waals surface area contributed by atoms with Crippen molar-refractivity contribution >= 4 is 27.1 Å². The van der Waals surface area contributed by atoms with Gasteiger partial charge < -0.3 is 14.1 Å². The average Bonchev–Trinajstić information content (AvgIpc) is 3.39. The highest BCUT2D eigenvalue weighted by molar-refractivity contribution is 7.91. The second-order valence-corrected chi connectivity index (χ2v) is 10.1. The van der Waals surface area contributed by atoms with E-state index in [1.165, 1.54) is 11.3 Å². The van der Waals surface area contributed by atoms with E-state index >= 15 is 0 Å². The van der Waals surface area contributed by atoms with E-state index in [-0.39, 0.29) is 11.7 Å². The molecule has 0 saturated heterocycles. The number of furan rings is 1. The van der Waals surface area contributed by atoms with Crippen LogP contribution in [0, 0.1) is 0 Å². The van der Waals surface area contributed by atoms with Crippen LogP contribution in [0.25, 0.3) is 10.4 Å². The van der Waals surface area contributed by atoms with Crippen LogP contribution in [0.3, 0.4) is 0 Å². The fraction of sp³-hybridized carbons (Fsp3) is 0.318. The normalized spacial score (nSPS) is 14.2. The molecule has 0 atom stereocenters. The minimum absolute atomic E-state index is 0.0777. The maximum absolute atomic E-state index is 13.3. The number of amides is 1. The van der Waals surface area contributed by atoms with E-state index in [9.17, 15) is 13.2 Å². The van der Waals surface area contributed by atoms with Gasteiger partial charge in [0.05, 0.1) is 28.3 Å². The predicted molar refractivity (Wildman–Crippen MR) is 115 cm³/mol. The second-order valence-electron chi connectivity index (χ2n) is 7.08. The van der Waals surface area contributed by atoms with Gasteiger partial charge >= 0.3 is 0 Å². The number of carbonyl (C=O) groups is 1. The zero-order valence-corrected chi connectivity index (χ0v) is 18.3. The SMILES string of the molecule is CCOCCCN(Cc1ccco1)C(=O)c1cc2c(s1)-c1ccccc1S(=O)(=O)C2. The Hall–Kier alpha value is -2.42. The first-order valence-corrected chi connectivity index (χ1v) is 12.3. The van der Waals surface area contributed by atoms with Gasteiger partial charge in [-0.3, -0.25) is 4.79 Å². The molecular formula is C22H23NO5S2. The number of fused-ring (bicyclic) bond motifs is 3. The number of sulfone groups is 1. The lowest BCUT2D eigenvalue weighted by atomic mass is 10.1. The van der Waals surface area contributed by atoms with E-state index in [0.29, 0.717) is 59.4 Å². The Balaban J connectivity index is 1.62. The molecule has 0 N–H and O–H groups in total. The minimum atomic E-state index is -3.40. The van der Waals surface area contributed by atoms with E-state index < -0.39 is 9.84 Å². The average molecular weight is 446 g/mol. The van der Waals surface area contributed by atoms with Crippen LogP contribution in [0.1, 0.15) is 34.3 Å². The molecule has 3 aromatic rings. The molecule has 0 bridgehead atoms. The van der Waals surface area contributed by atoms with Gasteiger partial charge in [-0.25, -0.2) is 8.42 Å². The highest BCUT2D eigenvalue weighted by atomic mass is 32.2. The van der Waals surface area contributed by atoms with E-state index in [4.69, 9.17) is 9.15 Å². The highest BCUT2D eigenvalue weighted by Crippen LogP contribution is 2.43. The van der Waals surface area contributed by atoms with Gasteiger partial charge in [0.15, 0.2) is 9.84 Å². The van der Waals surface area contributed by atoms with Crippen LogP contribution >= 0.6 is 11.3 Å². The summed E-state index contributed by atoms with van der Waals surface area (Å²) in [6.07, 6.45) is 2.30. The van der Waals surface area contributed by atoms with Crippen molar-refractivity contribution in [2.24, 2.45) is 0 Å². The molecule has 158 valence electrons. The van der Waals surface area contributed by atoms with Crippen molar-refractivity contribution in [3.05, 3.63) is 64.9 Å². The molecule has 1 aromatic carbocycles. The summed E-state index contributed by atoms with van der Waals surface area (Å²) < 4.78 is 36.1. The molecule has 0 radical (unpaired) electrons. The lowest BCUT2D eigenvalue weighted by Crippen LogP contribution is -2.31. The lowest BCUT2D eigenvalue weighted by molar-refractivity contribution is 0.0704. The molecule has 0 saturated carbocycles. The molecule has 0 spiro atoms. The Morgan fingerprint density at radius 3 is 2.83 bits per heavy atom. The molecule has 4 rings (SSSR count). The van der Waals surface area contributed by atoms with Crippen LogP contribution in [0.5, 0.6) is 0 Å². The van der Waals surface area contributed by atoms with Gasteiger partial charge in [-0.1, -0.05) is 18.2 Å². The standard InChI is InChI=1S/C22H23NO5S2/c1-2-27-11-6-10-23(14-17-7-5-12-28-17)22(24)19-13-16-15-30(25,26)20-9-4-3-8-18(20)21(16)29-19/h3-5,7-9,12-13H,2,6,10-11,14-15H2,1H3. The molecule has 1 aliphatic heterocycles. The van der Waals surface area contributed by atoms with Crippen molar-refractivity contribution in [2.45, 2.75) is 30.5 Å². The molecule has 0 aliphatic carbocycles. The summed E-state index contributed by atoms with van der Waals surface area (Å²) in [5.74, 6) is 0.497. The van der Waals surface area contributed by atoms with Gasteiger partial charge in [-0.05, 0) is 43.2 Å². The minimum Gasteiger partial charge on any atom is -0.467 e. The van der Waals surface area contributed by atoms with Crippen molar-refractivity contribution in [3.8, 4) is 10.4 Å². The van der Waals surface area contributed by atoms with Gasteiger partial charge in [-0.15, -0.1) is 11.3 Å². The summed E-state index contributed by atoms with van der Waals surface area (Å²) in [6.45, 7) is 4.03. The first kappa shape index (κ1) is 20.8. The van der Waals surface area contributed by atoms with Crippen molar-refractivity contribution in [3.63, 3.8) is 0 Å². The van der Waals surface area contributed by atoms with Gasteiger partial charge in [0, 0.05) is 30.2 Å². The Kier molecular flexibility index (Phi) is 6.08. The summed E-state index contributed by atoms with van der Waals surface area (Å²) in [7, 11) is -3.40. The smallest absolute Gasteiger partial charge is 0.264 e. The van der Waals surface area contributed by atoms with E-state index in [2.05, 4.69) is 0 Å². The number of hydrogen-bond donors (Lipinski definition) is 0.